The number of aliphatic hydroxyl groups excluding tert-OH is 1. The lowest BCUT2D eigenvalue weighted by Gasteiger charge is -2.07. The minimum absolute atomic E-state index is 0.470. The Morgan fingerprint density at radius 1 is 1.56 bits per heavy atom. The Morgan fingerprint density at radius 2 is 2.38 bits per heavy atom. The van der Waals surface area contributed by atoms with Gasteiger partial charge in [0.05, 0.1) is 28.4 Å². The van der Waals surface area contributed by atoms with Gasteiger partial charge in [-0.15, -0.1) is 11.3 Å². The normalized spacial score (nSPS) is 12.9. The SMILES string of the molecule is CCn1cc(CC(O)c2scnc2C)cn1. The maximum absolute atomic E-state index is 10.1. The van der Waals surface area contributed by atoms with Crippen LogP contribution in [0.1, 0.15) is 29.2 Å². The Bertz CT molecular complexity index is 463. The van der Waals surface area contributed by atoms with Crippen LogP contribution in [0.4, 0.5) is 0 Å². The van der Waals surface area contributed by atoms with Gasteiger partial charge >= 0.3 is 0 Å². The van der Waals surface area contributed by atoms with Gasteiger partial charge in [0.1, 0.15) is 0 Å². The van der Waals surface area contributed by atoms with Gasteiger partial charge in [0.15, 0.2) is 0 Å². The lowest BCUT2D eigenvalue weighted by Crippen LogP contribution is -2.01. The van der Waals surface area contributed by atoms with Crippen LogP contribution in [0.5, 0.6) is 0 Å². The number of aryl methyl sites for hydroxylation is 2. The van der Waals surface area contributed by atoms with Crippen molar-refractivity contribution in [1.29, 1.82) is 0 Å². The molecule has 0 aliphatic heterocycles. The Labute approximate surface area is 98.6 Å². The molecule has 4 nitrogen and oxygen atoms in total. The summed E-state index contributed by atoms with van der Waals surface area (Å²) < 4.78 is 1.86. The van der Waals surface area contributed by atoms with Gasteiger partial charge in [-0.25, -0.2) is 4.98 Å². The number of aliphatic hydroxyl groups is 1. The summed E-state index contributed by atoms with van der Waals surface area (Å²) in [5, 5.41) is 14.2. The molecule has 86 valence electrons. The Kier molecular flexibility index (Phi) is 3.36. The summed E-state index contributed by atoms with van der Waals surface area (Å²) in [4.78, 5) is 5.09. The number of aromatic nitrogens is 3. The van der Waals surface area contributed by atoms with E-state index in [-0.39, 0.29) is 0 Å². The minimum atomic E-state index is -0.470. The first-order valence-corrected chi connectivity index (χ1v) is 6.18. The topological polar surface area (TPSA) is 50.9 Å². The van der Waals surface area contributed by atoms with Crippen molar-refractivity contribution in [1.82, 2.24) is 14.8 Å². The molecule has 5 heteroatoms. The fraction of sp³-hybridized carbons (Fsp3) is 0.455. The quantitative estimate of drug-likeness (QED) is 0.884. The Hall–Kier alpha value is -1.20. The van der Waals surface area contributed by atoms with E-state index < -0.39 is 6.10 Å². The maximum Gasteiger partial charge on any atom is 0.0942 e. The fourth-order valence-electron chi connectivity index (χ4n) is 1.63. The first-order valence-electron chi connectivity index (χ1n) is 5.30. The monoisotopic (exact) mass is 237 g/mol. The second-order valence-corrected chi connectivity index (χ2v) is 4.61. The van der Waals surface area contributed by atoms with Gasteiger partial charge in [0, 0.05) is 19.2 Å². The third-order valence-electron chi connectivity index (χ3n) is 2.53. The summed E-state index contributed by atoms with van der Waals surface area (Å²) in [6.45, 7) is 4.82. The van der Waals surface area contributed by atoms with Gasteiger partial charge in [-0.2, -0.15) is 5.10 Å². The van der Waals surface area contributed by atoms with Crippen LogP contribution in [0.15, 0.2) is 17.9 Å². The average Bonchev–Trinajstić information content (AvgIpc) is 2.86. The predicted molar refractivity (Wildman–Crippen MR) is 63.4 cm³/mol. The molecule has 0 saturated heterocycles. The highest BCUT2D eigenvalue weighted by Crippen LogP contribution is 2.24. The number of rotatable bonds is 4. The van der Waals surface area contributed by atoms with Crippen molar-refractivity contribution in [3.8, 4) is 0 Å². The van der Waals surface area contributed by atoms with Crippen LogP contribution >= 0.6 is 11.3 Å². The summed E-state index contributed by atoms with van der Waals surface area (Å²) in [5.41, 5.74) is 3.74. The summed E-state index contributed by atoms with van der Waals surface area (Å²) >= 11 is 1.50. The van der Waals surface area contributed by atoms with E-state index in [1.807, 2.05) is 30.9 Å². The van der Waals surface area contributed by atoms with Crippen LogP contribution in [0.2, 0.25) is 0 Å². The third-order valence-corrected chi connectivity index (χ3v) is 3.56. The lowest BCUT2D eigenvalue weighted by molar-refractivity contribution is 0.181. The van der Waals surface area contributed by atoms with Crippen molar-refractivity contribution < 1.29 is 5.11 Å². The molecule has 0 spiro atoms. The van der Waals surface area contributed by atoms with Gasteiger partial charge in [0.25, 0.3) is 0 Å². The maximum atomic E-state index is 10.1. The van der Waals surface area contributed by atoms with E-state index >= 15 is 0 Å². The molecule has 2 rings (SSSR count). The molecule has 0 saturated carbocycles. The van der Waals surface area contributed by atoms with Gasteiger partial charge in [-0.3, -0.25) is 4.68 Å². The molecule has 2 aromatic rings. The van der Waals surface area contributed by atoms with Crippen molar-refractivity contribution in [2.45, 2.75) is 32.9 Å². The molecular formula is C11H15N3OS. The molecule has 2 aromatic heterocycles. The number of nitrogens with zero attached hydrogens (tertiary/aromatic N) is 3. The molecule has 1 N–H and O–H groups in total. The first-order chi connectivity index (χ1) is 7.70. The zero-order valence-electron chi connectivity index (χ0n) is 9.42. The van der Waals surface area contributed by atoms with E-state index in [2.05, 4.69) is 10.1 Å². The molecule has 0 aliphatic carbocycles. The Morgan fingerprint density at radius 3 is 2.94 bits per heavy atom. The van der Waals surface area contributed by atoms with Gasteiger partial charge in [0.2, 0.25) is 0 Å². The van der Waals surface area contributed by atoms with E-state index in [0.29, 0.717) is 6.42 Å². The van der Waals surface area contributed by atoms with Crippen LogP contribution in [0, 0.1) is 6.92 Å². The summed E-state index contributed by atoms with van der Waals surface area (Å²) in [6, 6.07) is 0. The van der Waals surface area contributed by atoms with Crippen molar-refractivity contribution in [2.24, 2.45) is 0 Å². The summed E-state index contributed by atoms with van der Waals surface area (Å²) in [7, 11) is 0. The lowest BCUT2D eigenvalue weighted by atomic mass is 10.1. The molecule has 1 unspecified atom stereocenters. The molecule has 0 aliphatic rings. The van der Waals surface area contributed by atoms with Crippen LogP contribution in [0.25, 0.3) is 0 Å². The molecule has 16 heavy (non-hydrogen) atoms. The van der Waals surface area contributed by atoms with Gasteiger partial charge in [-0.05, 0) is 19.4 Å². The zero-order valence-corrected chi connectivity index (χ0v) is 10.2. The Balaban J connectivity index is 2.07. The predicted octanol–water partition coefficient (Wildman–Crippen LogP) is 1.94. The third kappa shape index (κ3) is 2.31. The van der Waals surface area contributed by atoms with Gasteiger partial charge in [-0.1, -0.05) is 0 Å². The summed E-state index contributed by atoms with van der Waals surface area (Å²) in [5.74, 6) is 0. The van der Waals surface area contributed by atoms with Gasteiger partial charge < -0.3 is 5.11 Å². The highest BCUT2D eigenvalue weighted by Gasteiger charge is 2.14. The van der Waals surface area contributed by atoms with E-state index in [9.17, 15) is 5.11 Å². The highest BCUT2D eigenvalue weighted by molar-refractivity contribution is 7.09. The van der Waals surface area contributed by atoms with E-state index in [0.717, 1.165) is 22.7 Å². The van der Waals surface area contributed by atoms with Crippen LogP contribution in [0.3, 0.4) is 0 Å². The van der Waals surface area contributed by atoms with Crippen LogP contribution in [-0.4, -0.2) is 19.9 Å². The molecule has 0 aromatic carbocycles. The number of hydrogen-bond acceptors (Lipinski definition) is 4. The van der Waals surface area contributed by atoms with E-state index in [4.69, 9.17) is 0 Å². The smallest absolute Gasteiger partial charge is 0.0942 e. The molecular weight excluding hydrogens is 222 g/mol. The van der Waals surface area contributed by atoms with Crippen LogP contribution in [-0.2, 0) is 13.0 Å². The van der Waals surface area contributed by atoms with E-state index in [1.165, 1.54) is 11.3 Å². The molecule has 0 radical (unpaired) electrons. The zero-order chi connectivity index (χ0) is 11.5. The second kappa shape index (κ2) is 4.76. The molecule has 0 amide bonds. The second-order valence-electron chi connectivity index (χ2n) is 3.73. The van der Waals surface area contributed by atoms with Crippen LogP contribution < -0.4 is 0 Å². The molecule has 0 bridgehead atoms. The minimum Gasteiger partial charge on any atom is -0.387 e. The van der Waals surface area contributed by atoms with Crippen molar-refractivity contribution in [2.75, 3.05) is 0 Å². The first kappa shape index (κ1) is 11.3. The van der Waals surface area contributed by atoms with Crippen molar-refractivity contribution in [3.05, 3.63) is 34.0 Å². The standard InChI is InChI=1S/C11H15N3OS/c1-3-14-6-9(5-13-14)4-10(15)11-8(2)12-7-16-11/h5-7,10,15H,3-4H2,1-2H3. The fourth-order valence-corrected chi connectivity index (χ4v) is 2.42. The largest absolute Gasteiger partial charge is 0.387 e. The van der Waals surface area contributed by atoms with Crippen molar-refractivity contribution >= 4 is 11.3 Å². The molecule has 0 fully saturated rings. The highest BCUT2D eigenvalue weighted by atomic mass is 32.1. The van der Waals surface area contributed by atoms with Crippen molar-refractivity contribution in [3.63, 3.8) is 0 Å². The number of hydrogen-bond donors (Lipinski definition) is 1. The van der Waals surface area contributed by atoms with E-state index in [1.54, 1.807) is 5.51 Å². The number of thiazole rings is 1. The molecule has 1 atom stereocenters. The average molecular weight is 237 g/mol. The summed E-state index contributed by atoms with van der Waals surface area (Å²) in [6.07, 6.45) is 3.91. The molecule has 2 heterocycles.